The summed E-state index contributed by atoms with van der Waals surface area (Å²) in [7, 11) is 3.07. The number of aryl methyl sites for hydroxylation is 1. The average molecular weight is 278 g/mol. The van der Waals surface area contributed by atoms with Crippen LogP contribution in [0, 0.1) is 17.0 Å². The van der Waals surface area contributed by atoms with Crippen LogP contribution in [0.25, 0.3) is 0 Å². The van der Waals surface area contributed by atoms with Crippen molar-refractivity contribution in [3.63, 3.8) is 0 Å². The maximum absolute atomic E-state index is 12.2. The maximum atomic E-state index is 12.2. The van der Waals surface area contributed by atoms with Crippen LogP contribution < -0.4 is 0 Å². The topological polar surface area (TPSA) is 110 Å². The zero-order valence-electron chi connectivity index (χ0n) is 11.3. The standard InChI is InChI=1S/C11H14N6O3/c1-7-12-9(14-13-7)6-15(2)11(18)8-4-5-10(16(8)3)17(19)20/h4-5H,6H2,1-3H3,(H,12,13,14). The lowest BCUT2D eigenvalue weighted by Crippen LogP contribution is -2.28. The Hall–Kier alpha value is -2.71. The van der Waals surface area contributed by atoms with Gasteiger partial charge < -0.3 is 15.0 Å². The van der Waals surface area contributed by atoms with Gasteiger partial charge in [0.05, 0.1) is 13.6 Å². The first-order valence-electron chi connectivity index (χ1n) is 5.83. The van der Waals surface area contributed by atoms with Crippen molar-refractivity contribution in [2.24, 2.45) is 7.05 Å². The number of carbonyl (C=O) groups excluding carboxylic acids is 1. The second-order valence-corrected chi connectivity index (χ2v) is 4.39. The van der Waals surface area contributed by atoms with Crippen LogP contribution in [0.5, 0.6) is 0 Å². The second kappa shape index (κ2) is 5.11. The molecule has 1 amide bonds. The molecule has 0 spiro atoms. The first-order valence-corrected chi connectivity index (χ1v) is 5.83. The van der Waals surface area contributed by atoms with E-state index in [2.05, 4.69) is 15.2 Å². The lowest BCUT2D eigenvalue weighted by molar-refractivity contribution is -0.391. The summed E-state index contributed by atoms with van der Waals surface area (Å²) in [5.74, 6) is 0.691. The molecule has 0 saturated heterocycles. The molecule has 9 nitrogen and oxygen atoms in total. The summed E-state index contributed by atoms with van der Waals surface area (Å²) in [6.07, 6.45) is 0. The van der Waals surface area contributed by atoms with Crippen LogP contribution in [0.1, 0.15) is 22.1 Å². The lowest BCUT2D eigenvalue weighted by Gasteiger charge is -2.13. The van der Waals surface area contributed by atoms with Crippen LogP contribution in [-0.4, -0.2) is 42.5 Å². The molecule has 0 unspecified atom stereocenters. The molecular weight excluding hydrogens is 264 g/mol. The molecule has 0 radical (unpaired) electrons. The molecular formula is C11H14N6O3. The second-order valence-electron chi connectivity index (χ2n) is 4.39. The fourth-order valence-corrected chi connectivity index (χ4v) is 1.84. The van der Waals surface area contributed by atoms with Gasteiger partial charge in [-0.05, 0) is 17.9 Å². The molecule has 106 valence electrons. The van der Waals surface area contributed by atoms with E-state index < -0.39 is 4.92 Å². The summed E-state index contributed by atoms with van der Waals surface area (Å²) < 4.78 is 1.25. The van der Waals surface area contributed by atoms with Crippen molar-refractivity contribution in [3.8, 4) is 0 Å². The minimum atomic E-state index is -0.532. The number of hydrogen-bond donors (Lipinski definition) is 1. The van der Waals surface area contributed by atoms with Gasteiger partial charge in [-0.15, -0.1) is 0 Å². The molecule has 2 heterocycles. The molecule has 9 heteroatoms. The third-order valence-corrected chi connectivity index (χ3v) is 2.87. The Morgan fingerprint density at radius 2 is 2.25 bits per heavy atom. The van der Waals surface area contributed by atoms with E-state index in [1.54, 1.807) is 14.0 Å². The zero-order valence-corrected chi connectivity index (χ0v) is 11.3. The summed E-state index contributed by atoms with van der Waals surface area (Å²) in [6.45, 7) is 1.99. The van der Waals surface area contributed by atoms with E-state index in [9.17, 15) is 14.9 Å². The van der Waals surface area contributed by atoms with Gasteiger partial charge in [-0.1, -0.05) is 0 Å². The molecule has 1 N–H and O–H groups in total. The Morgan fingerprint density at radius 3 is 2.75 bits per heavy atom. The number of carbonyl (C=O) groups is 1. The minimum Gasteiger partial charge on any atom is -0.358 e. The van der Waals surface area contributed by atoms with Gasteiger partial charge in [0.2, 0.25) is 0 Å². The van der Waals surface area contributed by atoms with E-state index in [1.807, 2.05) is 0 Å². The highest BCUT2D eigenvalue weighted by Gasteiger charge is 2.23. The number of aromatic amines is 1. The van der Waals surface area contributed by atoms with Gasteiger partial charge >= 0.3 is 5.82 Å². The van der Waals surface area contributed by atoms with E-state index in [0.717, 1.165) is 0 Å². The van der Waals surface area contributed by atoms with Crippen molar-refractivity contribution in [2.45, 2.75) is 13.5 Å². The highest BCUT2D eigenvalue weighted by molar-refractivity contribution is 5.93. The maximum Gasteiger partial charge on any atom is 0.323 e. The zero-order chi connectivity index (χ0) is 14.9. The van der Waals surface area contributed by atoms with Crippen molar-refractivity contribution < 1.29 is 9.72 Å². The number of aromatic nitrogens is 4. The van der Waals surface area contributed by atoms with Crippen molar-refractivity contribution >= 4 is 11.7 Å². The minimum absolute atomic E-state index is 0.129. The van der Waals surface area contributed by atoms with Crippen LogP contribution in [0.2, 0.25) is 0 Å². The van der Waals surface area contributed by atoms with Gasteiger partial charge in [0.15, 0.2) is 11.5 Å². The van der Waals surface area contributed by atoms with Gasteiger partial charge in [0, 0.05) is 13.1 Å². The number of nitrogens with zero attached hydrogens (tertiary/aromatic N) is 5. The average Bonchev–Trinajstić information content (AvgIpc) is 2.94. The van der Waals surface area contributed by atoms with Crippen molar-refractivity contribution in [2.75, 3.05) is 7.05 Å². The summed E-state index contributed by atoms with van der Waals surface area (Å²) >= 11 is 0. The molecule has 0 aliphatic carbocycles. The normalized spacial score (nSPS) is 10.6. The Balaban J connectivity index is 2.16. The fourth-order valence-electron chi connectivity index (χ4n) is 1.84. The van der Waals surface area contributed by atoms with Crippen LogP contribution in [0.3, 0.4) is 0 Å². The molecule has 0 aromatic carbocycles. The summed E-state index contributed by atoms with van der Waals surface area (Å²) in [5, 5.41) is 17.4. The number of H-pyrrole nitrogens is 1. The third-order valence-electron chi connectivity index (χ3n) is 2.87. The predicted octanol–water partition coefficient (Wildman–Crippen LogP) is 0.632. The molecule has 2 rings (SSSR count). The number of hydrogen-bond acceptors (Lipinski definition) is 5. The van der Waals surface area contributed by atoms with E-state index in [0.29, 0.717) is 11.6 Å². The Kier molecular flexibility index (Phi) is 3.51. The molecule has 0 saturated carbocycles. The molecule has 0 atom stereocenters. The van der Waals surface area contributed by atoms with E-state index in [1.165, 1.54) is 28.6 Å². The number of nitrogens with one attached hydrogen (secondary N) is 1. The van der Waals surface area contributed by atoms with Gasteiger partial charge in [0.1, 0.15) is 5.82 Å². The highest BCUT2D eigenvalue weighted by Crippen LogP contribution is 2.16. The van der Waals surface area contributed by atoms with Gasteiger partial charge in [0.25, 0.3) is 5.91 Å². The van der Waals surface area contributed by atoms with Gasteiger partial charge in [-0.3, -0.25) is 9.89 Å². The van der Waals surface area contributed by atoms with E-state index in [4.69, 9.17) is 0 Å². The molecule has 2 aromatic heterocycles. The van der Waals surface area contributed by atoms with Crippen molar-refractivity contribution in [3.05, 3.63) is 39.6 Å². The van der Waals surface area contributed by atoms with Gasteiger partial charge in [-0.25, -0.2) is 9.55 Å². The first kappa shape index (κ1) is 13.7. The quantitative estimate of drug-likeness (QED) is 0.651. The monoisotopic (exact) mass is 278 g/mol. The summed E-state index contributed by atoms with van der Waals surface area (Å²) in [5.41, 5.74) is 0.242. The smallest absolute Gasteiger partial charge is 0.323 e. The molecule has 0 aliphatic rings. The Morgan fingerprint density at radius 1 is 1.55 bits per heavy atom. The molecule has 0 aliphatic heterocycles. The van der Waals surface area contributed by atoms with E-state index in [-0.39, 0.29) is 24.0 Å². The first-order chi connectivity index (χ1) is 9.40. The number of nitro groups is 1. The van der Waals surface area contributed by atoms with Crippen LogP contribution in [0.15, 0.2) is 12.1 Å². The largest absolute Gasteiger partial charge is 0.358 e. The summed E-state index contributed by atoms with van der Waals surface area (Å²) in [4.78, 5) is 28.0. The van der Waals surface area contributed by atoms with Gasteiger partial charge in [-0.2, -0.15) is 5.10 Å². The van der Waals surface area contributed by atoms with Crippen molar-refractivity contribution in [1.29, 1.82) is 0 Å². The summed E-state index contributed by atoms with van der Waals surface area (Å²) in [6, 6.07) is 2.73. The SMILES string of the molecule is Cc1nc(CN(C)C(=O)c2ccc([N+](=O)[O-])n2C)n[nH]1. The van der Waals surface area contributed by atoms with Crippen molar-refractivity contribution in [1.82, 2.24) is 24.6 Å². The third kappa shape index (κ3) is 2.51. The van der Waals surface area contributed by atoms with Crippen LogP contribution in [-0.2, 0) is 13.6 Å². The number of amides is 1. The Labute approximate surface area is 114 Å². The Bertz CT molecular complexity index is 659. The lowest BCUT2D eigenvalue weighted by atomic mass is 10.3. The fraction of sp³-hybridized carbons (Fsp3) is 0.364. The molecule has 0 fully saturated rings. The van der Waals surface area contributed by atoms with E-state index >= 15 is 0 Å². The molecule has 0 bridgehead atoms. The molecule has 20 heavy (non-hydrogen) atoms. The number of rotatable bonds is 4. The highest BCUT2D eigenvalue weighted by atomic mass is 16.6. The predicted molar refractivity (Wildman–Crippen MR) is 69.0 cm³/mol. The van der Waals surface area contributed by atoms with Crippen LogP contribution >= 0.6 is 0 Å². The molecule has 2 aromatic rings. The van der Waals surface area contributed by atoms with Crippen LogP contribution in [0.4, 0.5) is 5.82 Å².